The molecule has 5 heteroatoms. The van der Waals surface area contributed by atoms with Crippen LogP contribution in [0.3, 0.4) is 0 Å². The van der Waals surface area contributed by atoms with Gasteiger partial charge in [0.05, 0.1) is 6.21 Å². The number of hydrogen-bond acceptors (Lipinski definition) is 3. The van der Waals surface area contributed by atoms with Gasteiger partial charge < -0.3 is 10.6 Å². The first-order valence-corrected chi connectivity index (χ1v) is 7.60. The Kier molecular flexibility index (Phi) is 4.23. The highest BCUT2D eigenvalue weighted by Crippen LogP contribution is 2.43. The number of aryl methyl sites for hydroxylation is 1. The van der Waals surface area contributed by atoms with E-state index in [1.165, 1.54) is 16.8 Å². The van der Waals surface area contributed by atoms with E-state index in [1.54, 1.807) is 6.21 Å². The average Bonchev–Trinajstić information content (AvgIpc) is 2.36. The number of fused-ring (bicyclic) bond motifs is 1. The van der Waals surface area contributed by atoms with Gasteiger partial charge in [-0.1, -0.05) is 6.92 Å². The lowest BCUT2D eigenvalue weighted by atomic mass is 9.79. The van der Waals surface area contributed by atoms with Crippen LogP contribution in [0.1, 0.15) is 49.8 Å². The standard InChI is InChI=1S/C16H24N4S/c1-10-6-14-13(7-12(10)9-18-19-15(17)21)11(2)8-16(3,4)20(14)5/h6-7,9,11H,8H2,1-5H3,(H3,17,19,21)/b18-9-/t11-/m1/s1. The lowest BCUT2D eigenvalue weighted by molar-refractivity contribution is 0.395. The molecule has 2 rings (SSSR count). The molecule has 21 heavy (non-hydrogen) atoms. The molecule has 1 aromatic carbocycles. The van der Waals surface area contributed by atoms with E-state index in [1.807, 2.05) is 0 Å². The first-order chi connectivity index (χ1) is 9.72. The van der Waals surface area contributed by atoms with Crippen molar-refractivity contribution >= 4 is 29.2 Å². The summed E-state index contributed by atoms with van der Waals surface area (Å²) in [5.41, 5.74) is 13.1. The zero-order valence-electron chi connectivity index (χ0n) is 13.4. The number of hydrazone groups is 1. The van der Waals surface area contributed by atoms with Crippen molar-refractivity contribution in [3.8, 4) is 0 Å². The molecule has 0 aliphatic carbocycles. The second-order valence-electron chi connectivity index (χ2n) is 6.48. The van der Waals surface area contributed by atoms with Gasteiger partial charge in [-0.25, -0.2) is 0 Å². The fourth-order valence-corrected chi connectivity index (χ4v) is 3.09. The molecule has 4 nitrogen and oxygen atoms in total. The highest BCUT2D eigenvalue weighted by molar-refractivity contribution is 7.80. The summed E-state index contributed by atoms with van der Waals surface area (Å²) in [4.78, 5) is 2.38. The summed E-state index contributed by atoms with van der Waals surface area (Å²) in [7, 11) is 2.17. The molecule has 0 spiro atoms. The highest BCUT2D eigenvalue weighted by Gasteiger charge is 2.34. The molecule has 1 atom stereocenters. The molecular formula is C16H24N4S. The minimum absolute atomic E-state index is 0.178. The van der Waals surface area contributed by atoms with Gasteiger partial charge in [-0.15, -0.1) is 0 Å². The number of hydrogen-bond donors (Lipinski definition) is 2. The predicted octanol–water partition coefficient (Wildman–Crippen LogP) is 2.88. The smallest absolute Gasteiger partial charge is 0.184 e. The summed E-state index contributed by atoms with van der Waals surface area (Å²) < 4.78 is 0. The number of nitrogens with zero attached hydrogens (tertiary/aromatic N) is 2. The van der Waals surface area contributed by atoms with Crippen molar-refractivity contribution in [2.24, 2.45) is 10.8 Å². The third-order valence-corrected chi connectivity index (χ3v) is 4.49. The molecule has 0 fully saturated rings. The van der Waals surface area contributed by atoms with Crippen LogP contribution >= 0.6 is 12.2 Å². The van der Waals surface area contributed by atoms with Gasteiger partial charge in [0.25, 0.3) is 0 Å². The van der Waals surface area contributed by atoms with Crippen molar-refractivity contribution in [1.29, 1.82) is 0 Å². The fourth-order valence-electron chi connectivity index (χ4n) is 3.04. The number of benzene rings is 1. The molecule has 1 aliphatic heterocycles. The van der Waals surface area contributed by atoms with Gasteiger partial charge in [-0.3, -0.25) is 5.43 Å². The second-order valence-corrected chi connectivity index (χ2v) is 6.92. The molecule has 0 saturated carbocycles. The van der Waals surface area contributed by atoms with Crippen molar-refractivity contribution in [1.82, 2.24) is 5.43 Å². The molecule has 0 bridgehead atoms. The molecule has 1 aliphatic rings. The van der Waals surface area contributed by atoms with E-state index in [0.717, 1.165) is 12.0 Å². The fraction of sp³-hybridized carbons (Fsp3) is 0.500. The molecule has 0 amide bonds. The molecular weight excluding hydrogens is 280 g/mol. The molecule has 1 aromatic rings. The maximum atomic E-state index is 5.38. The van der Waals surface area contributed by atoms with Crippen LogP contribution in [0.25, 0.3) is 0 Å². The molecule has 0 aromatic heterocycles. The molecule has 0 radical (unpaired) electrons. The Morgan fingerprint density at radius 3 is 2.81 bits per heavy atom. The predicted molar refractivity (Wildman–Crippen MR) is 94.2 cm³/mol. The van der Waals surface area contributed by atoms with E-state index in [0.29, 0.717) is 5.92 Å². The SMILES string of the molecule is Cc1cc2c(cc1/C=N\NC(N)=S)[C@H](C)CC(C)(C)N2C. The third-order valence-electron chi connectivity index (χ3n) is 4.40. The van der Waals surface area contributed by atoms with Crippen LogP contribution in [0.15, 0.2) is 17.2 Å². The van der Waals surface area contributed by atoms with E-state index in [-0.39, 0.29) is 10.7 Å². The van der Waals surface area contributed by atoms with Crippen LogP contribution < -0.4 is 16.1 Å². The van der Waals surface area contributed by atoms with E-state index < -0.39 is 0 Å². The van der Waals surface area contributed by atoms with Gasteiger partial charge in [0.2, 0.25) is 0 Å². The summed E-state index contributed by atoms with van der Waals surface area (Å²) in [5.74, 6) is 0.530. The largest absolute Gasteiger partial charge is 0.375 e. The van der Waals surface area contributed by atoms with Crippen molar-refractivity contribution < 1.29 is 0 Å². The van der Waals surface area contributed by atoms with Crippen LogP contribution in [-0.2, 0) is 0 Å². The summed E-state index contributed by atoms with van der Waals surface area (Å²) in [5, 5.41) is 4.25. The topological polar surface area (TPSA) is 53.6 Å². The molecule has 1 heterocycles. The van der Waals surface area contributed by atoms with E-state index >= 15 is 0 Å². The maximum absolute atomic E-state index is 5.38. The Morgan fingerprint density at radius 2 is 2.19 bits per heavy atom. The van der Waals surface area contributed by atoms with Gasteiger partial charge in [-0.05, 0) is 74.2 Å². The number of rotatable bonds is 2. The van der Waals surface area contributed by atoms with Crippen LogP contribution in [0.4, 0.5) is 5.69 Å². The average molecular weight is 304 g/mol. The van der Waals surface area contributed by atoms with Gasteiger partial charge in [0, 0.05) is 18.3 Å². The number of anilines is 1. The summed E-state index contributed by atoms with van der Waals surface area (Å²) in [6, 6.07) is 4.47. The zero-order chi connectivity index (χ0) is 15.8. The summed E-state index contributed by atoms with van der Waals surface area (Å²) >= 11 is 4.75. The van der Waals surface area contributed by atoms with Crippen molar-refractivity contribution in [3.05, 3.63) is 28.8 Å². The number of nitrogens with two attached hydrogens (primary N) is 1. The Balaban J connectivity index is 2.41. The second kappa shape index (κ2) is 5.64. The van der Waals surface area contributed by atoms with Crippen LogP contribution in [0.2, 0.25) is 0 Å². The summed E-state index contributed by atoms with van der Waals surface area (Å²) in [6.07, 6.45) is 2.92. The van der Waals surface area contributed by atoms with E-state index in [9.17, 15) is 0 Å². The maximum Gasteiger partial charge on any atom is 0.184 e. The molecule has 0 unspecified atom stereocenters. The Morgan fingerprint density at radius 1 is 1.52 bits per heavy atom. The minimum atomic E-state index is 0.178. The Labute approximate surface area is 132 Å². The van der Waals surface area contributed by atoms with Gasteiger partial charge in [-0.2, -0.15) is 5.10 Å². The van der Waals surface area contributed by atoms with Crippen molar-refractivity contribution in [2.75, 3.05) is 11.9 Å². The first-order valence-electron chi connectivity index (χ1n) is 7.19. The summed E-state index contributed by atoms with van der Waals surface area (Å²) in [6.45, 7) is 8.98. The molecule has 3 N–H and O–H groups in total. The van der Waals surface area contributed by atoms with Crippen LogP contribution in [-0.4, -0.2) is 23.9 Å². The highest BCUT2D eigenvalue weighted by atomic mass is 32.1. The molecule has 0 saturated heterocycles. The lowest BCUT2D eigenvalue weighted by Gasteiger charge is -2.45. The van der Waals surface area contributed by atoms with E-state index in [4.69, 9.17) is 18.0 Å². The van der Waals surface area contributed by atoms with Gasteiger partial charge in [0.15, 0.2) is 5.11 Å². The normalized spacial score (nSPS) is 20.4. The third kappa shape index (κ3) is 3.18. The first kappa shape index (κ1) is 15.8. The minimum Gasteiger partial charge on any atom is -0.375 e. The quantitative estimate of drug-likeness (QED) is 0.501. The lowest BCUT2D eigenvalue weighted by Crippen LogP contribution is -2.45. The van der Waals surface area contributed by atoms with Crippen LogP contribution in [0, 0.1) is 6.92 Å². The molecule has 114 valence electrons. The van der Waals surface area contributed by atoms with Crippen LogP contribution in [0.5, 0.6) is 0 Å². The Bertz CT molecular complexity index is 592. The van der Waals surface area contributed by atoms with E-state index in [2.05, 4.69) is 62.3 Å². The van der Waals surface area contributed by atoms with Gasteiger partial charge >= 0.3 is 0 Å². The number of thiocarbonyl (C=S) groups is 1. The van der Waals surface area contributed by atoms with Crippen molar-refractivity contribution in [2.45, 2.75) is 45.6 Å². The monoisotopic (exact) mass is 304 g/mol. The number of nitrogens with one attached hydrogen (secondary N) is 1. The zero-order valence-corrected chi connectivity index (χ0v) is 14.2. The van der Waals surface area contributed by atoms with Crippen molar-refractivity contribution in [3.63, 3.8) is 0 Å². The Hall–Kier alpha value is -1.62. The van der Waals surface area contributed by atoms with Gasteiger partial charge in [0.1, 0.15) is 0 Å².